The fraction of sp³-hybridized carbons (Fsp3) is 0.625. The van der Waals surface area contributed by atoms with Crippen LogP contribution in [0.4, 0.5) is 0 Å². The Bertz CT molecular complexity index is 332. The van der Waals surface area contributed by atoms with Gasteiger partial charge in [-0.05, 0) is 56.3 Å². The van der Waals surface area contributed by atoms with Gasteiger partial charge < -0.3 is 5.32 Å². The zero-order chi connectivity index (χ0) is 12.7. The molecular weight excluding hydrogens is 206 g/mol. The molecule has 1 heteroatoms. The molecule has 0 radical (unpaired) electrons. The fourth-order valence-electron chi connectivity index (χ4n) is 2.95. The van der Waals surface area contributed by atoms with Crippen molar-refractivity contribution < 1.29 is 0 Å². The Balaban J connectivity index is 3.07. The Kier molecular flexibility index (Phi) is 5.70. The molecule has 1 N–H and O–H groups in total. The van der Waals surface area contributed by atoms with Crippen LogP contribution in [0.3, 0.4) is 0 Å². The number of aryl methyl sites for hydroxylation is 1. The van der Waals surface area contributed by atoms with Crippen molar-refractivity contribution in [3.8, 4) is 0 Å². The van der Waals surface area contributed by atoms with Gasteiger partial charge in [-0.2, -0.15) is 0 Å². The molecule has 1 aromatic rings. The van der Waals surface area contributed by atoms with E-state index in [9.17, 15) is 0 Å². The van der Waals surface area contributed by atoms with E-state index in [4.69, 9.17) is 0 Å². The second kappa shape index (κ2) is 6.80. The first-order valence-corrected chi connectivity index (χ1v) is 6.91. The molecule has 0 aliphatic rings. The minimum absolute atomic E-state index is 0.364. The Hall–Kier alpha value is -0.820. The Morgan fingerprint density at radius 1 is 1.12 bits per heavy atom. The van der Waals surface area contributed by atoms with Crippen molar-refractivity contribution in [2.75, 3.05) is 13.6 Å². The lowest BCUT2D eigenvalue weighted by Gasteiger charge is -2.35. The van der Waals surface area contributed by atoms with E-state index in [0.717, 1.165) is 6.54 Å². The average Bonchev–Trinajstić information content (AvgIpc) is 2.35. The predicted molar refractivity (Wildman–Crippen MR) is 76.6 cm³/mol. The summed E-state index contributed by atoms with van der Waals surface area (Å²) in [6.07, 6.45) is 5.01. The van der Waals surface area contributed by atoms with E-state index in [0.29, 0.717) is 5.41 Å². The molecule has 1 unspecified atom stereocenters. The number of nitrogens with one attached hydrogen (secondary N) is 1. The monoisotopic (exact) mass is 233 g/mol. The summed E-state index contributed by atoms with van der Waals surface area (Å²) in [5.41, 5.74) is 3.36. The van der Waals surface area contributed by atoms with Crippen molar-refractivity contribution in [3.63, 3.8) is 0 Å². The molecule has 0 bridgehead atoms. The largest absolute Gasteiger partial charge is 0.320 e. The fourth-order valence-corrected chi connectivity index (χ4v) is 2.95. The molecule has 17 heavy (non-hydrogen) atoms. The van der Waals surface area contributed by atoms with E-state index in [1.165, 1.54) is 31.2 Å². The lowest BCUT2D eigenvalue weighted by Crippen LogP contribution is -2.30. The maximum atomic E-state index is 3.30. The molecule has 0 saturated carbocycles. The van der Waals surface area contributed by atoms with Crippen LogP contribution >= 0.6 is 0 Å². The summed E-state index contributed by atoms with van der Waals surface area (Å²) in [6.45, 7) is 7.97. The van der Waals surface area contributed by atoms with E-state index in [2.05, 4.69) is 50.4 Å². The molecule has 0 fully saturated rings. The average molecular weight is 233 g/mol. The highest BCUT2D eigenvalue weighted by Crippen LogP contribution is 2.37. The van der Waals surface area contributed by atoms with Crippen LogP contribution in [0.15, 0.2) is 24.3 Å². The molecule has 0 aliphatic carbocycles. The summed E-state index contributed by atoms with van der Waals surface area (Å²) in [5, 5.41) is 3.30. The van der Waals surface area contributed by atoms with Gasteiger partial charge in [0.25, 0.3) is 0 Å². The molecule has 0 aromatic heterocycles. The van der Waals surface area contributed by atoms with E-state index >= 15 is 0 Å². The molecule has 0 heterocycles. The highest BCUT2D eigenvalue weighted by atomic mass is 14.8. The van der Waals surface area contributed by atoms with Crippen molar-refractivity contribution in [2.45, 2.75) is 51.9 Å². The maximum absolute atomic E-state index is 3.30. The van der Waals surface area contributed by atoms with Crippen LogP contribution in [0.5, 0.6) is 0 Å². The van der Waals surface area contributed by atoms with Gasteiger partial charge in [-0.15, -0.1) is 0 Å². The lowest BCUT2D eigenvalue weighted by atomic mass is 9.70. The first kappa shape index (κ1) is 14.2. The van der Waals surface area contributed by atoms with Gasteiger partial charge in [0.15, 0.2) is 0 Å². The highest BCUT2D eigenvalue weighted by molar-refractivity contribution is 5.33. The molecule has 1 nitrogen and oxygen atoms in total. The summed E-state index contributed by atoms with van der Waals surface area (Å²) in [7, 11) is 2.05. The summed E-state index contributed by atoms with van der Waals surface area (Å²) in [4.78, 5) is 0. The second-order valence-corrected chi connectivity index (χ2v) is 5.05. The summed E-state index contributed by atoms with van der Waals surface area (Å²) in [6, 6.07) is 8.89. The number of hydrogen-bond acceptors (Lipinski definition) is 1. The Morgan fingerprint density at radius 3 is 2.35 bits per heavy atom. The van der Waals surface area contributed by atoms with Crippen molar-refractivity contribution >= 4 is 0 Å². The highest BCUT2D eigenvalue weighted by Gasteiger charge is 2.29. The Labute approximate surface area is 107 Å². The molecule has 1 aromatic carbocycles. The zero-order valence-electron chi connectivity index (χ0n) is 11.8. The van der Waals surface area contributed by atoms with Crippen molar-refractivity contribution in [1.29, 1.82) is 0 Å². The van der Waals surface area contributed by atoms with Gasteiger partial charge in [0, 0.05) is 0 Å². The molecular formula is C16H27N. The number of rotatable bonds is 7. The van der Waals surface area contributed by atoms with Crippen molar-refractivity contribution in [3.05, 3.63) is 35.4 Å². The predicted octanol–water partition coefficient (Wildman–Crippen LogP) is 4.05. The molecule has 0 aliphatic heterocycles. The SMILES string of the molecule is CCCC(CC)(CCNC)c1ccccc1C. The summed E-state index contributed by atoms with van der Waals surface area (Å²) >= 11 is 0. The molecule has 0 amide bonds. The van der Waals surface area contributed by atoms with Crippen LogP contribution in [-0.4, -0.2) is 13.6 Å². The summed E-state index contributed by atoms with van der Waals surface area (Å²) < 4.78 is 0. The quantitative estimate of drug-likeness (QED) is 0.749. The molecule has 96 valence electrons. The first-order chi connectivity index (χ1) is 8.20. The third kappa shape index (κ3) is 3.32. The van der Waals surface area contributed by atoms with Crippen LogP contribution in [0.2, 0.25) is 0 Å². The van der Waals surface area contributed by atoms with Gasteiger partial charge in [0.1, 0.15) is 0 Å². The van der Waals surface area contributed by atoms with Gasteiger partial charge >= 0.3 is 0 Å². The van der Waals surface area contributed by atoms with Crippen molar-refractivity contribution in [1.82, 2.24) is 5.32 Å². The normalized spacial score (nSPS) is 14.6. The van der Waals surface area contributed by atoms with Crippen LogP contribution in [0.1, 0.15) is 50.7 Å². The maximum Gasteiger partial charge on any atom is -0.00350 e. The number of hydrogen-bond donors (Lipinski definition) is 1. The minimum Gasteiger partial charge on any atom is -0.320 e. The van der Waals surface area contributed by atoms with E-state index in [-0.39, 0.29) is 0 Å². The zero-order valence-corrected chi connectivity index (χ0v) is 11.8. The lowest BCUT2D eigenvalue weighted by molar-refractivity contribution is 0.342. The molecule has 0 saturated heterocycles. The van der Waals surface area contributed by atoms with Gasteiger partial charge in [-0.3, -0.25) is 0 Å². The van der Waals surface area contributed by atoms with Gasteiger partial charge in [0.05, 0.1) is 0 Å². The van der Waals surface area contributed by atoms with Gasteiger partial charge in [-0.25, -0.2) is 0 Å². The molecule has 1 atom stereocenters. The molecule has 1 rings (SSSR count). The minimum atomic E-state index is 0.364. The van der Waals surface area contributed by atoms with Crippen LogP contribution in [0.25, 0.3) is 0 Å². The van der Waals surface area contributed by atoms with Crippen LogP contribution in [0, 0.1) is 6.92 Å². The van der Waals surface area contributed by atoms with Gasteiger partial charge in [-0.1, -0.05) is 44.5 Å². The molecule has 0 spiro atoms. The van der Waals surface area contributed by atoms with Gasteiger partial charge in [0.2, 0.25) is 0 Å². The smallest absolute Gasteiger partial charge is 0.00350 e. The van der Waals surface area contributed by atoms with Crippen LogP contribution in [-0.2, 0) is 5.41 Å². The third-order valence-electron chi connectivity index (χ3n) is 3.98. The summed E-state index contributed by atoms with van der Waals surface area (Å²) in [5.74, 6) is 0. The Morgan fingerprint density at radius 2 is 1.82 bits per heavy atom. The standard InChI is InChI=1S/C16H27N/c1-5-11-16(6-2,12-13-17-4)15-10-8-7-9-14(15)3/h7-10,17H,5-6,11-13H2,1-4H3. The topological polar surface area (TPSA) is 12.0 Å². The van der Waals surface area contributed by atoms with E-state index in [1.807, 2.05) is 7.05 Å². The van der Waals surface area contributed by atoms with E-state index in [1.54, 1.807) is 5.56 Å². The number of benzene rings is 1. The first-order valence-electron chi connectivity index (χ1n) is 6.91. The van der Waals surface area contributed by atoms with Crippen molar-refractivity contribution in [2.24, 2.45) is 0 Å². The van der Waals surface area contributed by atoms with Crippen LogP contribution < -0.4 is 5.32 Å². The second-order valence-electron chi connectivity index (χ2n) is 5.05. The van der Waals surface area contributed by atoms with E-state index < -0.39 is 0 Å². The third-order valence-corrected chi connectivity index (χ3v) is 3.98.